The number of primary sulfonamides is 1. The number of pyridine rings is 2. The van der Waals surface area contributed by atoms with Gasteiger partial charge in [-0.3, -0.25) is 14.3 Å². The van der Waals surface area contributed by atoms with E-state index >= 15 is 0 Å². The fourth-order valence-corrected chi connectivity index (χ4v) is 3.52. The van der Waals surface area contributed by atoms with E-state index in [0.29, 0.717) is 30.2 Å². The summed E-state index contributed by atoms with van der Waals surface area (Å²) in [7, 11) is -3.45. The van der Waals surface area contributed by atoms with Crippen molar-refractivity contribution in [2.45, 2.75) is 24.5 Å². The molecule has 142 valence electrons. The summed E-state index contributed by atoms with van der Waals surface area (Å²) in [4.78, 5) is 25.4. The third-order valence-corrected chi connectivity index (χ3v) is 5.39. The van der Waals surface area contributed by atoms with Gasteiger partial charge < -0.3 is 0 Å². The minimum atomic E-state index is -3.45. The van der Waals surface area contributed by atoms with E-state index in [1.807, 2.05) is 18.4 Å². The van der Waals surface area contributed by atoms with E-state index in [-0.39, 0.29) is 11.3 Å². The van der Waals surface area contributed by atoms with Gasteiger partial charge in [0.05, 0.1) is 12.3 Å². The highest BCUT2D eigenvalue weighted by atomic mass is 32.2. The summed E-state index contributed by atoms with van der Waals surface area (Å²) in [5.74, 6) is -0.0701. The van der Waals surface area contributed by atoms with E-state index in [0.717, 1.165) is 16.6 Å². The molecule has 3 aromatic rings. The van der Waals surface area contributed by atoms with Gasteiger partial charge >= 0.3 is 0 Å². The highest BCUT2D eigenvalue weighted by Gasteiger charge is 2.08. The highest BCUT2D eigenvalue weighted by Crippen LogP contribution is 2.15. The molecule has 0 aliphatic heterocycles. The zero-order valence-electron chi connectivity index (χ0n) is 14.7. The molecule has 0 spiro atoms. The summed E-state index contributed by atoms with van der Waals surface area (Å²) < 4.78 is 23.5. The van der Waals surface area contributed by atoms with Crippen LogP contribution in [0.25, 0.3) is 11.0 Å². The molecule has 3 heterocycles. The largest absolute Gasteiger partial charge is 0.288 e. The van der Waals surface area contributed by atoms with Gasteiger partial charge in [-0.05, 0) is 36.8 Å². The molecule has 2 N–H and O–H groups in total. The Balaban J connectivity index is 1.81. The third kappa shape index (κ3) is 5.12. The van der Waals surface area contributed by atoms with Crippen molar-refractivity contribution in [3.8, 4) is 0 Å². The second-order valence-corrected chi connectivity index (χ2v) is 8.53. The van der Waals surface area contributed by atoms with Crippen LogP contribution in [0.1, 0.15) is 17.7 Å². The number of aromatic nitrogens is 4. The number of fused-ring (bicyclic) bond motifs is 1. The van der Waals surface area contributed by atoms with Crippen molar-refractivity contribution in [3.05, 3.63) is 58.3 Å². The summed E-state index contributed by atoms with van der Waals surface area (Å²) in [5.41, 5.74) is 2.06. The Labute approximate surface area is 160 Å². The minimum absolute atomic E-state index is 0.0701. The summed E-state index contributed by atoms with van der Waals surface area (Å²) in [6.45, 7) is 0.339. The van der Waals surface area contributed by atoms with Gasteiger partial charge in [0.25, 0.3) is 5.56 Å². The molecule has 0 saturated carbocycles. The van der Waals surface area contributed by atoms with Crippen LogP contribution in [0.2, 0.25) is 0 Å². The first-order chi connectivity index (χ1) is 12.9. The maximum atomic E-state index is 12.3. The second-order valence-electron chi connectivity index (χ2n) is 6.02. The number of rotatable bonds is 7. The molecule has 0 aromatic carbocycles. The van der Waals surface area contributed by atoms with Gasteiger partial charge in [0, 0.05) is 29.5 Å². The van der Waals surface area contributed by atoms with Crippen molar-refractivity contribution < 1.29 is 8.42 Å². The zero-order chi connectivity index (χ0) is 19.4. The first kappa shape index (κ1) is 19.5. The molecule has 0 amide bonds. The van der Waals surface area contributed by atoms with Crippen LogP contribution in [-0.2, 0) is 23.0 Å². The fraction of sp³-hybridized carbons (Fsp3) is 0.294. The lowest BCUT2D eigenvalue weighted by molar-refractivity contribution is 0.594. The normalized spacial score (nSPS) is 11.8. The number of aryl methyl sites for hydroxylation is 1. The van der Waals surface area contributed by atoms with Crippen LogP contribution in [0.4, 0.5) is 0 Å². The van der Waals surface area contributed by atoms with E-state index in [1.165, 1.54) is 17.8 Å². The zero-order valence-corrected chi connectivity index (χ0v) is 16.3. The Kier molecular flexibility index (Phi) is 5.88. The Morgan fingerprint density at radius 3 is 2.63 bits per heavy atom. The Morgan fingerprint density at radius 2 is 1.96 bits per heavy atom. The maximum Gasteiger partial charge on any atom is 0.252 e. The summed E-state index contributed by atoms with van der Waals surface area (Å²) in [5, 5.41) is 6.39. The standard InChI is InChI=1S/C17H19N5O3S2/c1-26-17-20-10-13-5-7-15(23)22(16(13)21-17)11-12-4-6-14(19-9-12)3-2-8-27(18,24)25/h4-7,9-10H,2-3,8,11H2,1H3,(H2,18,24,25). The van der Waals surface area contributed by atoms with Gasteiger partial charge in [-0.1, -0.05) is 17.8 Å². The average Bonchev–Trinajstić information content (AvgIpc) is 2.64. The van der Waals surface area contributed by atoms with Crippen molar-refractivity contribution in [1.29, 1.82) is 0 Å². The lowest BCUT2D eigenvalue weighted by Crippen LogP contribution is -2.21. The number of nitrogens with two attached hydrogens (primary N) is 1. The van der Waals surface area contributed by atoms with Gasteiger partial charge in [-0.15, -0.1) is 0 Å². The van der Waals surface area contributed by atoms with Gasteiger partial charge in [0.1, 0.15) is 5.65 Å². The molecule has 0 saturated heterocycles. The van der Waals surface area contributed by atoms with Gasteiger partial charge in [-0.2, -0.15) is 0 Å². The van der Waals surface area contributed by atoms with Crippen LogP contribution in [0.5, 0.6) is 0 Å². The monoisotopic (exact) mass is 405 g/mol. The first-order valence-electron chi connectivity index (χ1n) is 8.20. The predicted molar refractivity (Wildman–Crippen MR) is 105 cm³/mol. The van der Waals surface area contributed by atoms with Crippen LogP contribution in [0.3, 0.4) is 0 Å². The molecule has 3 aromatic heterocycles. The fourth-order valence-electron chi connectivity index (χ4n) is 2.64. The number of hydrogen-bond donors (Lipinski definition) is 1. The summed E-state index contributed by atoms with van der Waals surface area (Å²) in [6.07, 6.45) is 6.22. The van der Waals surface area contributed by atoms with Crippen molar-refractivity contribution in [2.24, 2.45) is 5.14 Å². The minimum Gasteiger partial charge on any atom is -0.288 e. The Morgan fingerprint density at radius 1 is 1.15 bits per heavy atom. The number of thioether (sulfide) groups is 1. The molecule has 10 heteroatoms. The SMILES string of the molecule is CSc1ncc2ccc(=O)n(Cc3ccc(CCCS(N)(=O)=O)nc3)c2n1. The number of sulfonamides is 1. The lowest BCUT2D eigenvalue weighted by atomic mass is 10.2. The van der Waals surface area contributed by atoms with E-state index in [2.05, 4.69) is 15.0 Å². The van der Waals surface area contributed by atoms with Gasteiger partial charge in [-0.25, -0.2) is 23.5 Å². The van der Waals surface area contributed by atoms with Crippen molar-refractivity contribution in [3.63, 3.8) is 0 Å². The van der Waals surface area contributed by atoms with E-state index in [9.17, 15) is 13.2 Å². The van der Waals surface area contributed by atoms with E-state index in [4.69, 9.17) is 5.14 Å². The first-order valence-corrected chi connectivity index (χ1v) is 11.1. The quantitative estimate of drug-likeness (QED) is 0.463. The molecule has 0 aliphatic carbocycles. The lowest BCUT2D eigenvalue weighted by Gasteiger charge is -2.10. The molecular formula is C17H19N5O3S2. The van der Waals surface area contributed by atoms with Crippen LogP contribution in [0, 0.1) is 0 Å². The third-order valence-electron chi connectivity index (χ3n) is 3.97. The van der Waals surface area contributed by atoms with E-state index in [1.54, 1.807) is 23.0 Å². The van der Waals surface area contributed by atoms with Crippen LogP contribution in [-0.4, -0.2) is 39.9 Å². The topological polar surface area (TPSA) is 121 Å². The molecule has 0 atom stereocenters. The Hall–Kier alpha value is -2.30. The molecule has 0 unspecified atom stereocenters. The number of hydrogen-bond acceptors (Lipinski definition) is 7. The van der Waals surface area contributed by atoms with Crippen molar-refractivity contribution >= 4 is 32.8 Å². The van der Waals surface area contributed by atoms with Crippen molar-refractivity contribution in [1.82, 2.24) is 19.5 Å². The molecule has 3 rings (SSSR count). The smallest absolute Gasteiger partial charge is 0.252 e. The van der Waals surface area contributed by atoms with Gasteiger partial charge in [0.15, 0.2) is 5.16 Å². The summed E-state index contributed by atoms with van der Waals surface area (Å²) in [6, 6.07) is 6.92. The van der Waals surface area contributed by atoms with Crippen LogP contribution in [0.15, 0.2) is 46.6 Å². The molecule has 27 heavy (non-hydrogen) atoms. The van der Waals surface area contributed by atoms with Crippen LogP contribution >= 0.6 is 11.8 Å². The van der Waals surface area contributed by atoms with Gasteiger partial charge in [0.2, 0.25) is 10.0 Å². The second kappa shape index (κ2) is 8.15. The maximum absolute atomic E-state index is 12.3. The molecule has 0 fully saturated rings. The molecule has 8 nitrogen and oxygen atoms in total. The molecule has 0 aliphatic rings. The molecule has 0 bridgehead atoms. The molecular weight excluding hydrogens is 386 g/mol. The number of nitrogens with zero attached hydrogens (tertiary/aromatic N) is 4. The predicted octanol–water partition coefficient (Wildman–Crippen LogP) is 1.18. The summed E-state index contributed by atoms with van der Waals surface area (Å²) >= 11 is 1.41. The van der Waals surface area contributed by atoms with Crippen LogP contribution < -0.4 is 10.7 Å². The highest BCUT2D eigenvalue weighted by molar-refractivity contribution is 7.98. The van der Waals surface area contributed by atoms with E-state index < -0.39 is 10.0 Å². The molecule has 0 radical (unpaired) electrons. The van der Waals surface area contributed by atoms with Crippen molar-refractivity contribution in [2.75, 3.05) is 12.0 Å². The Bertz CT molecular complexity index is 1110. The average molecular weight is 406 g/mol.